The van der Waals surface area contributed by atoms with Crippen molar-refractivity contribution in [2.45, 2.75) is 51.9 Å². The Morgan fingerprint density at radius 1 is 1.53 bits per heavy atom. The van der Waals surface area contributed by atoms with E-state index in [0.717, 1.165) is 0 Å². The molecule has 0 bridgehead atoms. The first-order chi connectivity index (χ1) is 7.95. The number of aliphatic hydroxyl groups is 2. The van der Waals surface area contributed by atoms with Gasteiger partial charge in [0.15, 0.2) is 5.78 Å². The van der Waals surface area contributed by atoms with Gasteiger partial charge in [0.2, 0.25) is 0 Å². The quantitative estimate of drug-likeness (QED) is 0.737. The topological polar surface area (TPSA) is 76.0 Å². The molecule has 1 unspecified atom stereocenters. The smallest absolute Gasteiger partial charge is 0.187 e. The highest BCUT2D eigenvalue weighted by Gasteiger charge is 2.48. The van der Waals surface area contributed by atoms with Gasteiger partial charge in [0, 0.05) is 5.41 Å². The summed E-state index contributed by atoms with van der Waals surface area (Å²) in [6.07, 6.45) is -0.374. The minimum atomic E-state index is -0.711. The van der Waals surface area contributed by atoms with Crippen LogP contribution in [0.2, 0.25) is 0 Å². The Kier molecular flexibility index (Phi) is 5.06. The van der Waals surface area contributed by atoms with Crippen LogP contribution in [0.4, 0.5) is 0 Å². The van der Waals surface area contributed by atoms with E-state index in [4.69, 9.17) is 14.6 Å². The lowest BCUT2D eigenvalue weighted by Crippen LogP contribution is -2.54. The van der Waals surface area contributed by atoms with Crippen LogP contribution in [0.5, 0.6) is 0 Å². The maximum absolute atomic E-state index is 11.7. The highest BCUT2D eigenvalue weighted by atomic mass is 16.7. The lowest BCUT2D eigenvalue weighted by atomic mass is 9.72. The molecule has 0 aromatic carbocycles. The predicted molar refractivity (Wildman–Crippen MR) is 61.4 cm³/mol. The molecule has 0 amide bonds. The molecular formula is C12H22O5. The molecule has 1 aliphatic heterocycles. The van der Waals surface area contributed by atoms with Crippen LogP contribution in [0.15, 0.2) is 0 Å². The monoisotopic (exact) mass is 246 g/mol. The molecule has 4 atom stereocenters. The van der Waals surface area contributed by atoms with Gasteiger partial charge in [-0.25, -0.2) is 0 Å². The molecule has 0 aromatic heterocycles. The van der Waals surface area contributed by atoms with Crippen molar-refractivity contribution in [3.8, 4) is 0 Å². The van der Waals surface area contributed by atoms with Crippen molar-refractivity contribution in [3.63, 3.8) is 0 Å². The predicted octanol–water partition coefficient (Wildman–Crippen LogP) is 0.476. The molecule has 0 spiro atoms. The molecule has 1 saturated heterocycles. The van der Waals surface area contributed by atoms with Gasteiger partial charge in [0.25, 0.3) is 0 Å². The van der Waals surface area contributed by atoms with Crippen molar-refractivity contribution in [1.82, 2.24) is 0 Å². The van der Waals surface area contributed by atoms with Crippen LogP contribution in [0.3, 0.4) is 0 Å². The summed E-state index contributed by atoms with van der Waals surface area (Å²) in [6.45, 7) is 5.10. The average molecular weight is 246 g/mol. The van der Waals surface area contributed by atoms with E-state index in [1.165, 1.54) is 0 Å². The van der Waals surface area contributed by atoms with Gasteiger partial charge in [-0.05, 0) is 19.8 Å². The van der Waals surface area contributed by atoms with Crippen molar-refractivity contribution < 1.29 is 24.5 Å². The van der Waals surface area contributed by atoms with Crippen molar-refractivity contribution in [2.24, 2.45) is 5.41 Å². The number of ketones is 1. The Balaban J connectivity index is 2.88. The van der Waals surface area contributed by atoms with Crippen LogP contribution in [0.1, 0.15) is 33.6 Å². The van der Waals surface area contributed by atoms with E-state index in [2.05, 4.69) is 0 Å². The molecule has 5 nitrogen and oxygen atoms in total. The maximum Gasteiger partial charge on any atom is 0.187 e. The van der Waals surface area contributed by atoms with Gasteiger partial charge < -0.3 is 19.7 Å². The summed E-state index contributed by atoms with van der Waals surface area (Å²) in [5.41, 5.74) is -0.604. The first kappa shape index (κ1) is 14.6. The maximum atomic E-state index is 11.7. The van der Waals surface area contributed by atoms with Crippen LogP contribution in [0, 0.1) is 5.41 Å². The largest absolute Gasteiger partial charge is 0.393 e. The number of ether oxygens (including phenoxy) is 2. The second-order valence-corrected chi connectivity index (χ2v) is 4.87. The molecule has 0 aromatic rings. The summed E-state index contributed by atoms with van der Waals surface area (Å²) in [6, 6.07) is 0. The zero-order chi connectivity index (χ0) is 13.1. The van der Waals surface area contributed by atoms with Gasteiger partial charge in [-0.15, -0.1) is 0 Å². The summed E-state index contributed by atoms with van der Waals surface area (Å²) in [5, 5.41) is 18.7. The van der Waals surface area contributed by atoms with E-state index >= 15 is 0 Å². The fourth-order valence-electron chi connectivity index (χ4n) is 2.27. The number of carbonyl (C=O) groups is 1. The van der Waals surface area contributed by atoms with Crippen molar-refractivity contribution in [1.29, 1.82) is 0 Å². The highest BCUT2D eigenvalue weighted by Crippen LogP contribution is 2.39. The van der Waals surface area contributed by atoms with E-state index in [1.807, 2.05) is 20.8 Å². The van der Waals surface area contributed by atoms with Crippen molar-refractivity contribution in [3.05, 3.63) is 0 Å². The third-order valence-electron chi connectivity index (χ3n) is 3.68. The van der Waals surface area contributed by atoms with Crippen molar-refractivity contribution >= 4 is 5.78 Å². The first-order valence-electron chi connectivity index (χ1n) is 6.00. The third-order valence-corrected chi connectivity index (χ3v) is 3.68. The Bertz CT molecular complexity index is 268. The van der Waals surface area contributed by atoms with Gasteiger partial charge in [-0.2, -0.15) is 0 Å². The number of carbonyl (C=O) groups excluding carboxylic acids is 1. The zero-order valence-corrected chi connectivity index (χ0v) is 10.7. The van der Waals surface area contributed by atoms with Crippen LogP contribution < -0.4 is 0 Å². The molecule has 1 rings (SSSR count). The van der Waals surface area contributed by atoms with Gasteiger partial charge in [0.05, 0.1) is 12.2 Å². The molecule has 100 valence electrons. The summed E-state index contributed by atoms with van der Waals surface area (Å²) >= 11 is 0. The summed E-state index contributed by atoms with van der Waals surface area (Å²) in [5.74, 6) is -0.356. The lowest BCUT2D eigenvalue weighted by Gasteiger charge is -2.45. The van der Waals surface area contributed by atoms with Gasteiger partial charge >= 0.3 is 0 Å². The number of Topliss-reactive ketones (excluding diaryl/α,β-unsaturated/α-hetero) is 1. The van der Waals surface area contributed by atoms with E-state index in [9.17, 15) is 9.90 Å². The molecule has 0 radical (unpaired) electrons. The van der Waals surface area contributed by atoms with E-state index in [1.54, 1.807) is 0 Å². The van der Waals surface area contributed by atoms with Gasteiger partial charge in [-0.1, -0.05) is 13.8 Å². The lowest BCUT2D eigenvalue weighted by molar-refractivity contribution is -0.241. The molecule has 0 saturated carbocycles. The Morgan fingerprint density at radius 2 is 2.18 bits per heavy atom. The molecule has 5 heteroatoms. The minimum absolute atomic E-state index is 0.0510. The average Bonchev–Trinajstić information content (AvgIpc) is 2.31. The number of rotatable bonds is 5. The fraction of sp³-hybridized carbons (Fsp3) is 0.917. The van der Waals surface area contributed by atoms with Crippen LogP contribution in [0.25, 0.3) is 0 Å². The highest BCUT2D eigenvalue weighted by molar-refractivity contribution is 5.85. The summed E-state index contributed by atoms with van der Waals surface area (Å²) in [4.78, 5) is 11.7. The Hall–Kier alpha value is -0.490. The molecule has 1 fully saturated rings. The molecular weight excluding hydrogens is 224 g/mol. The fourth-order valence-corrected chi connectivity index (χ4v) is 2.27. The second-order valence-electron chi connectivity index (χ2n) is 4.87. The normalized spacial score (nSPS) is 35.6. The molecule has 17 heavy (non-hydrogen) atoms. The number of hydrogen-bond acceptors (Lipinski definition) is 5. The van der Waals surface area contributed by atoms with Crippen LogP contribution >= 0.6 is 0 Å². The zero-order valence-electron chi connectivity index (χ0n) is 10.7. The third kappa shape index (κ3) is 3.04. The SMILES string of the molecule is CC[C@@H](O)C[C@@]1(C)C(C)OCO[C@H]1C(=O)CO. The standard InChI is InChI=1S/C12H22O5/c1-4-9(14)5-12(3)8(2)16-7-17-11(12)10(15)6-13/h8-9,11,13-14H,4-7H2,1-3H3/t8?,9-,11+,12+/m1/s1. The Morgan fingerprint density at radius 3 is 2.71 bits per heavy atom. The minimum Gasteiger partial charge on any atom is -0.393 e. The van der Waals surface area contributed by atoms with Crippen LogP contribution in [-0.4, -0.2) is 47.7 Å². The van der Waals surface area contributed by atoms with Crippen molar-refractivity contribution in [2.75, 3.05) is 13.4 Å². The number of aliphatic hydroxyl groups excluding tert-OH is 2. The van der Waals surface area contributed by atoms with Gasteiger partial charge in [-0.3, -0.25) is 4.79 Å². The number of hydrogen-bond donors (Lipinski definition) is 2. The summed E-state index contributed by atoms with van der Waals surface area (Å²) < 4.78 is 10.7. The second kappa shape index (κ2) is 5.91. The molecule has 0 aliphatic carbocycles. The summed E-state index contributed by atoms with van der Waals surface area (Å²) in [7, 11) is 0. The first-order valence-corrected chi connectivity index (χ1v) is 6.00. The van der Waals surface area contributed by atoms with E-state index in [0.29, 0.717) is 12.8 Å². The Labute approximate surface area is 102 Å². The molecule has 2 N–H and O–H groups in total. The van der Waals surface area contributed by atoms with E-state index in [-0.39, 0.29) is 18.7 Å². The molecule has 1 heterocycles. The van der Waals surface area contributed by atoms with Crippen LogP contribution in [-0.2, 0) is 14.3 Å². The van der Waals surface area contributed by atoms with E-state index < -0.39 is 24.2 Å². The molecule has 1 aliphatic rings. The van der Waals surface area contributed by atoms with Gasteiger partial charge in [0.1, 0.15) is 19.5 Å².